The maximum absolute atomic E-state index is 6.19. The fourth-order valence-corrected chi connectivity index (χ4v) is 5.44. The molecule has 0 N–H and O–H groups in total. The molecule has 0 radical (unpaired) electrons. The van der Waals surface area contributed by atoms with E-state index in [4.69, 9.17) is 4.74 Å². The first-order valence-corrected chi connectivity index (χ1v) is 13.8. The number of halogens is 1. The molecule has 0 bridgehead atoms. The van der Waals surface area contributed by atoms with E-state index < -0.39 is 0 Å². The lowest BCUT2D eigenvalue weighted by Gasteiger charge is -2.39. The first-order valence-electron chi connectivity index (χ1n) is 13.0. The zero-order chi connectivity index (χ0) is 25.1. The molecular formula is C31H39BrN2O. The van der Waals surface area contributed by atoms with E-state index in [0.29, 0.717) is 17.8 Å². The minimum Gasteiger partial charge on any atom is -0.487 e. The fraction of sp³-hybridized carbons (Fsp3) is 0.452. The molecule has 0 saturated carbocycles. The molecule has 186 valence electrons. The van der Waals surface area contributed by atoms with Crippen molar-refractivity contribution in [2.45, 2.75) is 78.2 Å². The third-order valence-corrected chi connectivity index (χ3v) is 7.45. The molecule has 4 rings (SSSR count). The Morgan fingerprint density at radius 2 is 1.51 bits per heavy atom. The summed E-state index contributed by atoms with van der Waals surface area (Å²) in [4.78, 5) is 6.71. The molecule has 4 heteroatoms. The van der Waals surface area contributed by atoms with Gasteiger partial charge in [0.05, 0.1) is 13.1 Å². The lowest BCUT2D eigenvalue weighted by atomic mass is 9.79. The summed E-state index contributed by atoms with van der Waals surface area (Å²) in [6.07, 6.45) is 4.18. The summed E-state index contributed by atoms with van der Waals surface area (Å²) < 4.78 is 7.20. The lowest BCUT2D eigenvalue weighted by Crippen LogP contribution is -2.54. The number of nitrogens with zero attached hydrogens (tertiary/aromatic N) is 2. The summed E-state index contributed by atoms with van der Waals surface area (Å²) in [6, 6.07) is 17.5. The van der Waals surface area contributed by atoms with Crippen molar-refractivity contribution in [3.63, 3.8) is 0 Å². The molecule has 0 spiro atoms. The highest BCUT2D eigenvalue weighted by molar-refractivity contribution is 9.10. The number of anilines is 1. The van der Waals surface area contributed by atoms with Crippen LogP contribution in [0.4, 0.5) is 5.82 Å². The van der Waals surface area contributed by atoms with Crippen molar-refractivity contribution in [2.24, 2.45) is 0 Å². The van der Waals surface area contributed by atoms with E-state index in [-0.39, 0.29) is 6.10 Å². The van der Waals surface area contributed by atoms with Crippen LogP contribution >= 0.6 is 15.9 Å². The van der Waals surface area contributed by atoms with Crippen LogP contribution < -0.4 is 9.64 Å². The third-order valence-electron chi connectivity index (χ3n) is 6.98. The van der Waals surface area contributed by atoms with Crippen LogP contribution in [-0.2, 0) is 12.8 Å². The van der Waals surface area contributed by atoms with Crippen LogP contribution in [-0.4, -0.2) is 24.2 Å². The second kappa shape index (κ2) is 11.2. The first-order chi connectivity index (χ1) is 16.7. The van der Waals surface area contributed by atoms with Crippen molar-refractivity contribution in [3.8, 4) is 5.75 Å². The summed E-state index contributed by atoms with van der Waals surface area (Å²) in [5, 5.41) is 0. The summed E-state index contributed by atoms with van der Waals surface area (Å²) in [7, 11) is 0. The first kappa shape index (κ1) is 25.8. The number of aryl methyl sites for hydroxylation is 2. The summed E-state index contributed by atoms with van der Waals surface area (Å²) in [5.41, 5.74) is 7.52. The van der Waals surface area contributed by atoms with E-state index >= 15 is 0 Å². The van der Waals surface area contributed by atoms with Crippen molar-refractivity contribution in [1.29, 1.82) is 0 Å². The molecule has 35 heavy (non-hydrogen) atoms. The SMILES string of the molecule is CC(C)c1ccc(CCc2ccc(OC3CN(c4ccc(Br)cn4)C3)cc2)c(C(C)C)c1C(C)C. The Morgan fingerprint density at radius 3 is 2.09 bits per heavy atom. The maximum Gasteiger partial charge on any atom is 0.134 e. The predicted molar refractivity (Wildman–Crippen MR) is 151 cm³/mol. The molecule has 2 aromatic carbocycles. The van der Waals surface area contributed by atoms with Crippen molar-refractivity contribution in [1.82, 2.24) is 4.98 Å². The zero-order valence-corrected chi connectivity index (χ0v) is 23.6. The van der Waals surface area contributed by atoms with Crippen LogP contribution in [0.3, 0.4) is 0 Å². The predicted octanol–water partition coefficient (Wildman–Crippen LogP) is 8.27. The number of aromatic nitrogens is 1. The number of pyridine rings is 1. The Kier molecular flexibility index (Phi) is 8.21. The quantitative estimate of drug-likeness (QED) is 0.276. The second-order valence-electron chi connectivity index (χ2n) is 10.7. The van der Waals surface area contributed by atoms with Gasteiger partial charge in [-0.1, -0.05) is 65.8 Å². The summed E-state index contributed by atoms with van der Waals surface area (Å²) >= 11 is 3.44. The van der Waals surface area contributed by atoms with Gasteiger partial charge in [-0.05, 0) is 98.6 Å². The monoisotopic (exact) mass is 534 g/mol. The number of hydrogen-bond acceptors (Lipinski definition) is 3. The van der Waals surface area contributed by atoms with Crippen LogP contribution in [0.15, 0.2) is 59.2 Å². The Labute approximate surface area is 220 Å². The maximum atomic E-state index is 6.19. The van der Waals surface area contributed by atoms with Gasteiger partial charge in [-0.15, -0.1) is 0 Å². The minimum atomic E-state index is 0.217. The van der Waals surface area contributed by atoms with E-state index in [9.17, 15) is 0 Å². The average Bonchev–Trinajstić information content (AvgIpc) is 2.80. The molecule has 3 aromatic rings. The molecule has 2 heterocycles. The van der Waals surface area contributed by atoms with Gasteiger partial charge in [-0.25, -0.2) is 4.98 Å². The number of benzene rings is 2. The second-order valence-corrected chi connectivity index (χ2v) is 11.6. The van der Waals surface area contributed by atoms with Gasteiger partial charge in [0, 0.05) is 10.7 Å². The van der Waals surface area contributed by atoms with Crippen LogP contribution in [0.25, 0.3) is 0 Å². The van der Waals surface area contributed by atoms with Crippen molar-refractivity contribution < 1.29 is 4.74 Å². The molecule has 0 amide bonds. The topological polar surface area (TPSA) is 25.4 Å². The highest BCUT2D eigenvalue weighted by atomic mass is 79.9. The number of hydrogen-bond donors (Lipinski definition) is 0. The van der Waals surface area contributed by atoms with Crippen LogP contribution in [0.5, 0.6) is 5.75 Å². The molecule has 1 saturated heterocycles. The molecule has 0 unspecified atom stereocenters. The van der Waals surface area contributed by atoms with Gasteiger partial charge in [-0.2, -0.15) is 0 Å². The van der Waals surface area contributed by atoms with Crippen molar-refractivity contribution in [3.05, 3.63) is 87.0 Å². The van der Waals surface area contributed by atoms with Gasteiger partial charge >= 0.3 is 0 Å². The zero-order valence-electron chi connectivity index (χ0n) is 22.0. The van der Waals surface area contributed by atoms with E-state index in [1.165, 1.54) is 16.7 Å². The molecular weight excluding hydrogens is 496 g/mol. The Balaban J connectivity index is 1.36. The van der Waals surface area contributed by atoms with Crippen LogP contribution in [0.1, 0.15) is 87.1 Å². The highest BCUT2D eigenvalue weighted by Crippen LogP contribution is 2.36. The number of ether oxygens (including phenoxy) is 1. The van der Waals surface area contributed by atoms with Crippen LogP contribution in [0, 0.1) is 0 Å². The van der Waals surface area contributed by atoms with Crippen LogP contribution in [0.2, 0.25) is 0 Å². The smallest absolute Gasteiger partial charge is 0.134 e. The van der Waals surface area contributed by atoms with Gasteiger partial charge in [0.1, 0.15) is 17.7 Å². The minimum absolute atomic E-state index is 0.217. The Hall–Kier alpha value is -2.33. The van der Waals surface area contributed by atoms with Gasteiger partial charge in [0.25, 0.3) is 0 Å². The average molecular weight is 536 g/mol. The van der Waals surface area contributed by atoms with E-state index in [1.807, 2.05) is 18.3 Å². The standard InChI is InChI=1S/C31H39BrN2O/c1-20(2)28-15-11-24(30(21(3)4)31(28)22(5)6)10-7-23-8-13-26(14-9-23)35-27-18-34(19-27)29-16-12-25(32)17-33-29/h8-9,11-17,20-22,27H,7,10,18-19H2,1-6H3. The van der Waals surface area contributed by atoms with E-state index in [0.717, 1.165) is 42.0 Å². The molecule has 3 nitrogen and oxygen atoms in total. The third kappa shape index (κ3) is 6.09. The van der Waals surface area contributed by atoms with Gasteiger partial charge < -0.3 is 9.64 Å². The van der Waals surface area contributed by atoms with Crippen molar-refractivity contribution >= 4 is 21.7 Å². The summed E-state index contributed by atoms with van der Waals surface area (Å²) in [6.45, 7) is 15.7. The van der Waals surface area contributed by atoms with E-state index in [1.54, 1.807) is 11.1 Å². The molecule has 1 fully saturated rings. The number of rotatable bonds is 9. The lowest BCUT2D eigenvalue weighted by molar-refractivity contribution is 0.167. The molecule has 1 aliphatic heterocycles. The molecule has 1 aliphatic rings. The largest absolute Gasteiger partial charge is 0.487 e. The Bertz CT molecular complexity index is 1110. The summed E-state index contributed by atoms with van der Waals surface area (Å²) in [5.74, 6) is 3.59. The van der Waals surface area contributed by atoms with E-state index in [2.05, 4.69) is 104 Å². The molecule has 0 aliphatic carbocycles. The van der Waals surface area contributed by atoms with Gasteiger partial charge in [0.15, 0.2) is 0 Å². The highest BCUT2D eigenvalue weighted by Gasteiger charge is 2.29. The Morgan fingerprint density at radius 1 is 0.829 bits per heavy atom. The fourth-order valence-electron chi connectivity index (χ4n) is 5.21. The molecule has 0 atom stereocenters. The molecule has 1 aromatic heterocycles. The van der Waals surface area contributed by atoms with Crippen molar-refractivity contribution in [2.75, 3.05) is 18.0 Å². The van der Waals surface area contributed by atoms with Gasteiger partial charge in [-0.3, -0.25) is 0 Å². The van der Waals surface area contributed by atoms with Gasteiger partial charge in [0.2, 0.25) is 0 Å². The normalized spacial score (nSPS) is 14.2.